The Morgan fingerprint density at radius 3 is 1.95 bits per heavy atom. The van der Waals surface area contributed by atoms with Crippen LogP contribution in [0, 0.1) is 24.7 Å². The van der Waals surface area contributed by atoms with Crippen LogP contribution in [0.4, 0.5) is 13.2 Å². The number of carboxylic acid groups (broad SMARTS) is 2. The van der Waals surface area contributed by atoms with Crippen molar-refractivity contribution in [3.8, 4) is 5.82 Å². The van der Waals surface area contributed by atoms with Gasteiger partial charge in [-0.05, 0) is 93.7 Å². The summed E-state index contributed by atoms with van der Waals surface area (Å²) in [6, 6.07) is 14.3. The predicted molar refractivity (Wildman–Crippen MR) is 158 cm³/mol. The first-order valence-corrected chi connectivity index (χ1v) is 13.4. The first-order valence-electron chi connectivity index (χ1n) is 11.2. The van der Waals surface area contributed by atoms with Gasteiger partial charge in [-0.2, -0.15) is 14.6 Å². The maximum absolute atomic E-state index is 13.4. The summed E-state index contributed by atoms with van der Waals surface area (Å²) in [6.07, 6.45) is 3.03. The van der Waals surface area contributed by atoms with Crippen molar-refractivity contribution in [2.45, 2.75) is 0 Å². The number of aromatic amines is 1. The van der Waals surface area contributed by atoms with Crippen molar-refractivity contribution in [2.75, 3.05) is 0 Å². The van der Waals surface area contributed by atoms with E-state index in [1.807, 2.05) is 22.6 Å². The molecular weight excluding hydrogens is 771 g/mol. The third-order valence-corrected chi connectivity index (χ3v) is 6.53. The summed E-state index contributed by atoms with van der Waals surface area (Å²) in [5, 5.41) is 28.6. The summed E-state index contributed by atoms with van der Waals surface area (Å²) < 4.78 is 41.2. The van der Waals surface area contributed by atoms with E-state index in [1.54, 1.807) is 24.4 Å². The van der Waals surface area contributed by atoms with Crippen LogP contribution in [-0.2, 0) is 0 Å². The summed E-state index contributed by atoms with van der Waals surface area (Å²) in [5.74, 6) is -3.14. The summed E-state index contributed by atoms with van der Waals surface area (Å²) in [5.41, 5.74) is 0.546. The number of H-pyrrole nitrogens is 1. The lowest BCUT2D eigenvalue weighted by Gasteiger charge is -2.02. The number of aromatic nitrogens is 6. The van der Waals surface area contributed by atoms with E-state index in [0.29, 0.717) is 27.6 Å². The van der Waals surface area contributed by atoms with Crippen LogP contribution in [0.2, 0.25) is 0 Å². The molecule has 0 atom stereocenters. The lowest BCUT2D eigenvalue weighted by molar-refractivity contribution is 0.0681. The van der Waals surface area contributed by atoms with Crippen molar-refractivity contribution in [3.63, 3.8) is 0 Å². The van der Waals surface area contributed by atoms with E-state index in [4.69, 9.17) is 5.11 Å². The SMILES string of the molecule is Fc1cc(I)ccn1.O=C(O)c1n[nH]c2cc(F)ccc12.O=C(O)c1nn(-c2cc(I)ccn2)c2cc(F)ccc12. The fourth-order valence-corrected chi connectivity index (χ4v) is 4.32. The monoisotopic (exact) mass is 786 g/mol. The van der Waals surface area contributed by atoms with Crippen LogP contribution in [0.1, 0.15) is 21.0 Å². The molecule has 0 saturated heterocycles. The van der Waals surface area contributed by atoms with E-state index in [2.05, 4.69) is 47.9 Å². The van der Waals surface area contributed by atoms with Gasteiger partial charge in [0.25, 0.3) is 0 Å². The van der Waals surface area contributed by atoms with Gasteiger partial charge >= 0.3 is 11.9 Å². The number of nitrogens with zero attached hydrogens (tertiary/aromatic N) is 5. The number of pyridine rings is 2. The minimum Gasteiger partial charge on any atom is -0.476 e. The van der Waals surface area contributed by atoms with Gasteiger partial charge in [0.05, 0.1) is 11.0 Å². The molecule has 41 heavy (non-hydrogen) atoms. The topological polar surface area (TPSA) is 147 Å². The molecule has 0 aliphatic heterocycles. The average molecular weight is 786 g/mol. The molecule has 0 aliphatic rings. The standard InChI is InChI=1S/C13H7FIN3O2.C8H5FN2O2.C5H3FIN/c14-7-1-2-9-10(5-7)18(17-12(9)13(19)20)11-6-8(15)3-4-16-11;9-4-1-2-5-6(3-4)10-11-7(5)8(12)13;6-5-3-4(7)1-2-8-5/h1-6H,(H,19,20);1-3H,(H,10,11)(H,12,13);1-3H. The van der Waals surface area contributed by atoms with Gasteiger partial charge in [-0.3, -0.25) is 5.10 Å². The van der Waals surface area contributed by atoms with E-state index in [9.17, 15) is 27.9 Å². The highest BCUT2D eigenvalue weighted by molar-refractivity contribution is 14.1. The second-order valence-electron chi connectivity index (χ2n) is 7.92. The van der Waals surface area contributed by atoms with Crippen LogP contribution in [-0.4, -0.2) is 52.1 Å². The molecule has 0 unspecified atom stereocenters. The van der Waals surface area contributed by atoms with Gasteiger partial charge in [0.2, 0.25) is 5.95 Å². The van der Waals surface area contributed by atoms with E-state index in [0.717, 1.165) is 7.14 Å². The molecule has 4 heterocycles. The van der Waals surface area contributed by atoms with E-state index in [1.165, 1.54) is 53.3 Å². The Morgan fingerprint density at radius 1 is 0.756 bits per heavy atom. The molecule has 10 nitrogen and oxygen atoms in total. The maximum atomic E-state index is 13.4. The Bertz CT molecular complexity index is 1880. The Kier molecular flexibility index (Phi) is 9.48. The van der Waals surface area contributed by atoms with Gasteiger partial charge in [-0.15, -0.1) is 0 Å². The summed E-state index contributed by atoms with van der Waals surface area (Å²) in [6.45, 7) is 0. The van der Waals surface area contributed by atoms with Crippen molar-refractivity contribution >= 4 is 78.9 Å². The van der Waals surface area contributed by atoms with Gasteiger partial charge in [-0.1, -0.05) is 0 Å². The molecule has 208 valence electrons. The number of carbonyl (C=O) groups is 2. The fraction of sp³-hybridized carbons (Fsp3) is 0. The van der Waals surface area contributed by atoms with Crippen LogP contribution < -0.4 is 0 Å². The zero-order chi connectivity index (χ0) is 29.7. The molecule has 6 rings (SSSR count). The highest BCUT2D eigenvalue weighted by Crippen LogP contribution is 2.23. The lowest BCUT2D eigenvalue weighted by Crippen LogP contribution is -2.03. The number of hydrogen-bond acceptors (Lipinski definition) is 6. The predicted octanol–water partition coefficient (Wildman–Crippen LogP) is 6.09. The number of halogens is 5. The minimum absolute atomic E-state index is 0.0880. The lowest BCUT2D eigenvalue weighted by atomic mass is 10.2. The van der Waals surface area contributed by atoms with Gasteiger partial charge in [-0.25, -0.2) is 33.0 Å². The Hall–Kier alpha value is -4.13. The number of benzene rings is 2. The number of carboxylic acids is 2. The highest BCUT2D eigenvalue weighted by atomic mass is 127. The molecule has 4 aromatic heterocycles. The number of hydrogen-bond donors (Lipinski definition) is 3. The zero-order valence-corrected chi connectivity index (χ0v) is 24.6. The van der Waals surface area contributed by atoms with Crippen molar-refractivity contribution in [1.29, 1.82) is 0 Å². The molecule has 6 aromatic rings. The van der Waals surface area contributed by atoms with Crippen LogP contribution >= 0.6 is 45.2 Å². The molecular formula is C26H15F3I2N6O4. The quantitative estimate of drug-likeness (QED) is 0.144. The minimum atomic E-state index is -1.16. The first kappa shape index (κ1) is 29.8. The second-order valence-corrected chi connectivity index (χ2v) is 10.4. The third kappa shape index (κ3) is 7.34. The molecule has 0 aliphatic carbocycles. The molecule has 0 amide bonds. The molecule has 0 fully saturated rings. The van der Waals surface area contributed by atoms with Crippen molar-refractivity contribution in [2.24, 2.45) is 0 Å². The van der Waals surface area contributed by atoms with E-state index < -0.39 is 29.5 Å². The van der Waals surface area contributed by atoms with Crippen LogP contribution in [0.3, 0.4) is 0 Å². The fourth-order valence-electron chi connectivity index (χ4n) is 3.46. The number of aromatic carboxylic acids is 2. The molecule has 15 heteroatoms. The first-order chi connectivity index (χ1) is 19.5. The molecule has 0 saturated carbocycles. The number of nitrogens with one attached hydrogen (secondary N) is 1. The Balaban J connectivity index is 0.000000158. The van der Waals surface area contributed by atoms with Crippen LogP contribution in [0.25, 0.3) is 27.6 Å². The summed E-state index contributed by atoms with van der Waals surface area (Å²) in [7, 11) is 0. The third-order valence-electron chi connectivity index (χ3n) is 5.19. The summed E-state index contributed by atoms with van der Waals surface area (Å²) in [4.78, 5) is 29.3. The van der Waals surface area contributed by atoms with Gasteiger partial charge in [0, 0.05) is 42.4 Å². The van der Waals surface area contributed by atoms with E-state index >= 15 is 0 Å². The Labute approximate surface area is 255 Å². The largest absolute Gasteiger partial charge is 0.476 e. The number of rotatable bonds is 3. The van der Waals surface area contributed by atoms with Crippen LogP contribution in [0.15, 0.2) is 73.1 Å². The molecule has 0 spiro atoms. The highest BCUT2D eigenvalue weighted by Gasteiger charge is 2.18. The smallest absolute Gasteiger partial charge is 0.357 e. The van der Waals surface area contributed by atoms with Crippen LogP contribution in [0.5, 0.6) is 0 Å². The van der Waals surface area contributed by atoms with E-state index in [-0.39, 0.29) is 11.4 Å². The normalized spacial score (nSPS) is 10.5. The van der Waals surface area contributed by atoms with Crippen molar-refractivity contribution < 1.29 is 33.0 Å². The van der Waals surface area contributed by atoms with Crippen molar-refractivity contribution in [1.82, 2.24) is 29.9 Å². The Morgan fingerprint density at radius 2 is 1.37 bits per heavy atom. The second kappa shape index (κ2) is 13.0. The van der Waals surface area contributed by atoms with Crippen molar-refractivity contribution in [3.05, 3.63) is 109 Å². The van der Waals surface area contributed by atoms with Gasteiger partial charge < -0.3 is 10.2 Å². The molecule has 3 N–H and O–H groups in total. The zero-order valence-electron chi connectivity index (χ0n) is 20.3. The van der Waals surface area contributed by atoms with Gasteiger partial charge in [0.1, 0.15) is 11.6 Å². The number of fused-ring (bicyclic) bond motifs is 2. The molecule has 0 radical (unpaired) electrons. The maximum Gasteiger partial charge on any atom is 0.357 e. The molecule has 0 bridgehead atoms. The van der Waals surface area contributed by atoms with Gasteiger partial charge in [0.15, 0.2) is 17.2 Å². The average Bonchev–Trinajstić information content (AvgIpc) is 3.51. The molecule has 2 aromatic carbocycles. The summed E-state index contributed by atoms with van der Waals surface area (Å²) >= 11 is 4.14.